The molecule has 0 bridgehead atoms. The quantitative estimate of drug-likeness (QED) is 0.686. The van der Waals surface area contributed by atoms with Crippen molar-refractivity contribution in [3.05, 3.63) is 59.3 Å². The van der Waals surface area contributed by atoms with E-state index in [1.54, 1.807) is 0 Å². The van der Waals surface area contributed by atoms with E-state index in [2.05, 4.69) is 58.9 Å². The number of aryl methyl sites for hydroxylation is 2. The minimum atomic E-state index is -0.427. The fraction of sp³-hybridized carbons (Fsp3) is 0.320. The molecule has 31 heavy (non-hydrogen) atoms. The molecule has 0 spiro atoms. The van der Waals surface area contributed by atoms with Gasteiger partial charge < -0.3 is 15.4 Å². The molecule has 6 nitrogen and oxygen atoms in total. The Morgan fingerprint density at radius 3 is 2.87 bits per heavy atom. The molecule has 3 aromatic rings. The largest absolute Gasteiger partial charge is 0.487 e. The third-order valence-electron chi connectivity index (χ3n) is 6.00. The van der Waals surface area contributed by atoms with Crippen LogP contribution in [-0.2, 0) is 16.0 Å². The van der Waals surface area contributed by atoms with Crippen LogP contribution in [-0.4, -0.2) is 35.5 Å². The number of ether oxygens (including phenoxy) is 1. The number of hydrogen-bond donors (Lipinski definition) is 2. The van der Waals surface area contributed by atoms with Crippen molar-refractivity contribution in [2.75, 3.05) is 6.54 Å². The van der Waals surface area contributed by atoms with Crippen LogP contribution in [0.4, 0.5) is 0 Å². The van der Waals surface area contributed by atoms with Crippen LogP contribution in [0.15, 0.2) is 42.5 Å². The van der Waals surface area contributed by atoms with Crippen LogP contribution in [0.2, 0.25) is 0 Å². The Balaban J connectivity index is 1.36. The van der Waals surface area contributed by atoms with Gasteiger partial charge in [-0.05, 0) is 61.2 Å². The first-order valence-electron chi connectivity index (χ1n) is 10.7. The van der Waals surface area contributed by atoms with Gasteiger partial charge in [0.25, 0.3) is 0 Å². The maximum absolute atomic E-state index is 12.3. The summed E-state index contributed by atoms with van der Waals surface area (Å²) in [6, 6.07) is 14.3. The molecule has 3 heterocycles. The van der Waals surface area contributed by atoms with E-state index in [9.17, 15) is 9.59 Å². The van der Waals surface area contributed by atoms with Gasteiger partial charge in [0.2, 0.25) is 11.8 Å². The summed E-state index contributed by atoms with van der Waals surface area (Å²) < 4.78 is 6.30. The van der Waals surface area contributed by atoms with Gasteiger partial charge in [-0.3, -0.25) is 14.6 Å². The third-order valence-corrected chi connectivity index (χ3v) is 6.00. The Kier molecular flexibility index (Phi) is 4.85. The highest BCUT2D eigenvalue weighted by atomic mass is 16.5. The van der Waals surface area contributed by atoms with Crippen molar-refractivity contribution in [3.63, 3.8) is 0 Å². The van der Waals surface area contributed by atoms with E-state index in [0.29, 0.717) is 19.4 Å². The van der Waals surface area contributed by atoms with Crippen molar-refractivity contribution in [1.29, 1.82) is 0 Å². The zero-order valence-electron chi connectivity index (χ0n) is 17.7. The van der Waals surface area contributed by atoms with Gasteiger partial charge in [0.05, 0.1) is 12.1 Å². The van der Waals surface area contributed by atoms with Gasteiger partial charge in [-0.15, -0.1) is 0 Å². The van der Waals surface area contributed by atoms with Crippen molar-refractivity contribution < 1.29 is 14.3 Å². The van der Waals surface area contributed by atoms with Crippen LogP contribution >= 0.6 is 0 Å². The molecule has 1 saturated heterocycles. The second kappa shape index (κ2) is 7.69. The Labute approximate surface area is 181 Å². The number of nitrogens with one attached hydrogen (secondary N) is 2. The minimum Gasteiger partial charge on any atom is -0.487 e. The Morgan fingerprint density at radius 1 is 1.19 bits per heavy atom. The van der Waals surface area contributed by atoms with Crippen LogP contribution < -0.4 is 15.4 Å². The molecular weight excluding hydrogens is 390 g/mol. The Hall–Kier alpha value is -3.41. The van der Waals surface area contributed by atoms with Crippen molar-refractivity contribution in [3.8, 4) is 16.9 Å². The normalized spacial score (nSPS) is 19.7. The zero-order chi connectivity index (χ0) is 21.5. The highest BCUT2D eigenvalue weighted by molar-refractivity contribution is 5.91. The lowest BCUT2D eigenvalue weighted by Gasteiger charge is -2.16. The fourth-order valence-corrected chi connectivity index (χ4v) is 4.46. The molecule has 0 saturated carbocycles. The predicted molar refractivity (Wildman–Crippen MR) is 119 cm³/mol. The number of benzene rings is 2. The molecule has 0 aliphatic carbocycles. The highest BCUT2D eigenvalue weighted by Crippen LogP contribution is 2.40. The van der Waals surface area contributed by atoms with Crippen LogP contribution in [0.3, 0.4) is 0 Å². The van der Waals surface area contributed by atoms with Gasteiger partial charge in [0.1, 0.15) is 17.9 Å². The molecule has 2 aromatic carbocycles. The number of nitrogens with zero attached hydrogens (tertiary/aromatic N) is 1. The number of carbonyl (C=O) groups excluding carboxylic acids is 2. The lowest BCUT2D eigenvalue weighted by Crippen LogP contribution is -2.44. The standard InChI is InChI=1S/C25H25N3O3/c1-14-9-18-12-19(13-26-25(30)22-7-8-23(29)28-22)31-24(18)20(10-14)16-5-6-21-17(11-16)4-3-15(2)27-21/h3-6,9-11,19,22H,7-8,12-13H2,1-2H3,(H,26,30)(H,28,29)/t19-,22-/m0/s1. The van der Waals surface area contributed by atoms with Crippen molar-refractivity contribution in [1.82, 2.24) is 15.6 Å². The number of hydrogen-bond acceptors (Lipinski definition) is 4. The van der Waals surface area contributed by atoms with E-state index >= 15 is 0 Å². The molecule has 2 atom stereocenters. The number of amides is 2. The summed E-state index contributed by atoms with van der Waals surface area (Å²) in [5.41, 5.74) is 6.48. The van der Waals surface area contributed by atoms with Crippen molar-refractivity contribution in [2.45, 2.75) is 45.3 Å². The second-order valence-electron chi connectivity index (χ2n) is 8.51. The summed E-state index contributed by atoms with van der Waals surface area (Å²) in [4.78, 5) is 28.3. The monoisotopic (exact) mass is 415 g/mol. The van der Waals surface area contributed by atoms with E-state index in [1.165, 1.54) is 5.56 Å². The molecule has 5 rings (SSSR count). The molecule has 6 heteroatoms. The summed E-state index contributed by atoms with van der Waals surface area (Å²) in [7, 11) is 0. The molecule has 2 N–H and O–H groups in total. The molecule has 2 aliphatic rings. The summed E-state index contributed by atoms with van der Waals surface area (Å²) >= 11 is 0. The molecule has 0 radical (unpaired) electrons. The van der Waals surface area contributed by atoms with Crippen LogP contribution in [0.25, 0.3) is 22.0 Å². The molecular formula is C25H25N3O3. The molecule has 2 amide bonds. The molecule has 1 aromatic heterocycles. The summed E-state index contributed by atoms with van der Waals surface area (Å²) in [5, 5.41) is 6.74. The second-order valence-corrected chi connectivity index (χ2v) is 8.51. The van der Waals surface area contributed by atoms with E-state index in [1.807, 2.05) is 13.0 Å². The van der Waals surface area contributed by atoms with Gasteiger partial charge >= 0.3 is 0 Å². The number of aromatic nitrogens is 1. The van der Waals surface area contributed by atoms with E-state index in [4.69, 9.17) is 4.74 Å². The molecule has 1 fully saturated rings. The predicted octanol–water partition coefficient (Wildman–Crippen LogP) is 3.22. The maximum atomic E-state index is 12.3. The summed E-state index contributed by atoms with van der Waals surface area (Å²) in [5.74, 6) is 0.683. The maximum Gasteiger partial charge on any atom is 0.242 e. The summed E-state index contributed by atoms with van der Waals surface area (Å²) in [6.07, 6.45) is 1.58. The first-order chi connectivity index (χ1) is 15.0. The fourth-order valence-electron chi connectivity index (χ4n) is 4.46. The zero-order valence-corrected chi connectivity index (χ0v) is 17.7. The van der Waals surface area contributed by atoms with E-state index < -0.39 is 6.04 Å². The first-order valence-corrected chi connectivity index (χ1v) is 10.7. The Morgan fingerprint density at radius 2 is 2.06 bits per heavy atom. The van der Waals surface area contributed by atoms with Crippen LogP contribution in [0, 0.1) is 13.8 Å². The van der Waals surface area contributed by atoms with Gasteiger partial charge in [0.15, 0.2) is 0 Å². The van der Waals surface area contributed by atoms with Gasteiger partial charge in [0, 0.05) is 29.5 Å². The lowest BCUT2D eigenvalue weighted by molar-refractivity contribution is -0.126. The SMILES string of the molecule is Cc1cc2c(c(-c3ccc4nc(C)ccc4c3)c1)O[C@H](CNC(=O)[C@@H]1CCC(=O)N1)C2. The van der Waals surface area contributed by atoms with E-state index in [0.717, 1.165) is 45.5 Å². The smallest absolute Gasteiger partial charge is 0.242 e. The van der Waals surface area contributed by atoms with Crippen LogP contribution in [0.5, 0.6) is 5.75 Å². The van der Waals surface area contributed by atoms with E-state index in [-0.39, 0.29) is 17.9 Å². The highest BCUT2D eigenvalue weighted by Gasteiger charge is 2.30. The number of rotatable bonds is 4. The number of fused-ring (bicyclic) bond motifs is 2. The van der Waals surface area contributed by atoms with Crippen molar-refractivity contribution >= 4 is 22.7 Å². The molecule has 2 aliphatic heterocycles. The average Bonchev–Trinajstić information content (AvgIpc) is 3.37. The van der Waals surface area contributed by atoms with Gasteiger partial charge in [-0.1, -0.05) is 18.2 Å². The van der Waals surface area contributed by atoms with Crippen LogP contribution in [0.1, 0.15) is 29.7 Å². The molecule has 158 valence electrons. The average molecular weight is 415 g/mol. The van der Waals surface area contributed by atoms with Crippen molar-refractivity contribution in [2.24, 2.45) is 0 Å². The van der Waals surface area contributed by atoms with Gasteiger partial charge in [-0.25, -0.2) is 0 Å². The minimum absolute atomic E-state index is 0.0643. The summed E-state index contributed by atoms with van der Waals surface area (Å²) in [6.45, 7) is 4.50. The molecule has 0 unspecified atom stereocenters. The first kappa shape index (κ1) is 19.5. The third kappa shape index (κ3) is 3.85. The number of carbonyl (C=O) groups is 2. The topological polar surface area (TPSA) is 80.3 Å². The lowest BCUT2D eigenvalue weighted by atomic mass is 9.96. The van der Waals surface area contributed by atoms with Gasteiger partial charge in [-0.2, -0.15) is 0 Å². The Bertz CT molecular complexity index is 1200. The number of pyridine rings is 1.